The molecule has 0 bridgehead atoms. The van der Waals surface area contributed by atoms with Crippen LogP contribution in [0.25, 0.3) is 21.7 Å². The molecule has 0 saturated carbocycles. The number of azo groups is 1. The van der Waals surface area contributed by atoms with Crippen LogP contribution < -0.4 is 4.74 Å². The summed E-state index contributed by atoms with van der Waals surface area (Å²) in [5.41, 5.74) is 1.99. The maximum Gasteiger partial charge on any atom is 0.302 e. The second-order valence-corrected chi connectivity index (χ2v) is 6.26. The Kier molecular flexibility index (Phi) is 4.30. The van der Waals surface area contributed by atoms with Gasteiger partial charge in [0.2, 0.25) is 5.88 Å². The third-order valence-electron chi connectivity index (χ3n) is 4.25. The SMILES string of the molecule is Cc1ccc2[nH]c(O)c(N=NC(=O)COc3ccc4ccccc4c3)c2c1. The number of aryl methyl sites for hydroxylation is 1. The first-order valence-electron chi connectivity index (χ1n) is 8.47. The van der Waals surface area contributed by atoms with Crippen LogP contribution in [0.4, 0.5) is 5.69 Å². The number of hydrogen-bond acceptors (Lipinski definition) is 4. The van der Waals surface area contributed by atoms with Gasteiger partial charge in [-0.25, -0.2) is 0 Å². The number of H-pyrrole nitrogens is 1. The molecule has 1 aromatic heterocycles. The predicted octanol–water partition coefficient (Wildman–Crippen LogP) is 5.02. The normalized spacial score (nSPS) is 11.4. The van der Waals surface area contributed by atoms with Gasteiger partial charge in [0, 0.05) is 5.39 Å². The zero-order chi connectivity index (χ0) is 18.8. The third-order valence-corrected chi connectivity index (χ3v) is 4.25. The van der Waals surface area contributed by atoms with Crippen LogP contribution in [-0.2, 0) is 4.79 Å². The predicted molar refractivity (Wildman–Crippen MR) is 104 cm³/mol. The average molecular weight is 359 g/mol. The lowest BCUT2D eigenvalue weighted by Gasteiger charge is -2.04. The standard InChI is InChI=1S/C21H17N3O3/c1-13-6-9-18-17(10-13)20(21(26)22-18)24-23-19(25)12-27-16-8-7-14-4-2-3-5-15(14)11-16/h2-11,22,26H,12H2,1H3. The number of hydrogen-bond donors (Lipinski definition) is 2. The van der Waals surface area contributed by atoms with Crippen LogP contribution >= 0.6 is 0 Å². The summed E-state index contributed by atoms with van der Waals surface area (Å²) >= 11 is 0. The van der Waals surface area contributed by atoms with Gasteiger partial charge in [0.05, 0.1) is 5.52 Å². The second-order valence-electron chi connectivity index (χ2n) is 6.26. The summed E-state index contributed by atoms with van der Waals surface area (Å²) in [5, 5.41) is 20.4. The van der Waals surface area contributed by atoms with E-state index in [1.54, 1.807) is 6.07 Å². The highest BCUT2D eigenvalue weighted by molar-refractivity contribution is 5.95. The fraction of sp³-hybridized carbons (Fsp3) is 0.0952. The number of aromatic nitrogens is 1. The van der Waals surface area contributed by atoms with Crippen LogP contribution in [-0.4, -0.2) is 22.6 Å². The number of nitrogens with one attached hydrogen (secondary N) is 1. The molecule has 3 aromatic carbocycles. The van der Waals surface area contributed by atoms with Gasteiger partial charge in [0.25, 0.3) is 0 Å². The number of aromatic amines is 1. The lowest BCUT2D eigenvalue weighted by molar-refractivity contribution is -0.120. The molecule has 0 aliphatic carbocycles. The van der Waals surface area contributed by atoms with Gasteiger partial charge in [-0.05, 0) is 42.0 Å². The van der Waals surface area contributed by atoms with Crippen molar-refractivity contribution in [3.05, 3.63) is 66.2 Å². The first-order valence-corrected chi connectivity index (χ1v) is 8.47. The maximum absolute atomic E-state index is 12.0. The molecule has 0 atom stereocenters. The molecule has 0 unspecified atom stereocenters. The van der Waals surface area contributed by atoms with Crippen molar-refractivity contribution in [2.45, 2.75) is 6.92 Å². The third kappa shape index (κ3) is 3.50. The zero-order valence-corrected chi connectivity index (χ0v) is 14.6. The minimum absolute atomic E-state index is 0.123. The Morgan fingerprint density at radius 1 is 1.07 bits per heavy atom. The van der Waals surface area contributed by atoms with Crippen molar-refractivity contribution >= 4 is 33.3 Å². The highest BCUT2D eigenvalue weighted by Gasteiger charge is 2.11. The first-order chi connectivity index (χ1) is 13.1. The van der Waals surface area contributed by atoms with E-state index in [1.807, 2.05) is 61.5 Å². The summed E-state index contributed by atoms with van der Waals surface area (Å²) in [6.45, 7) is 1.71. The molecule has 2 N–H and O–H groups in total. The summed E-state index contributed by atoms with van der Waals surface area (Å²) in [7, 11) is 0. The summed E-state index contributed by atoms with van der Waals surface area (Å²) in [4.78, 5) is 14.8. The van der Waals surface area contributed by atoms with Gasteiger partial charge in [-0.2, -0.15) is 0 Å². The van der Waals surface area contributed by atoms with Gasteiger partial charge in [0.1, 0.15) is 5.75 Å². The molecule has 0 aliphatic rings. The molecular weight excluding hydrogens is 342 g/mol. The van der Waals surface area contributed by atoms with Crippen LogP contribution in [0.3, 0.4) is 0 Å². The molecule has 4 rings (SSSR count). The van der Waals surface area contributed by atoms with Gasteiger partial charge in [-0.1, -0.05) is 42.0 Å². The summed E-state index contributed by atoms with van der Waals surface area (Å²) in [6, 6.07) is 19.1. The van der Waals surface area contributed by atoms with E-state index in [-0.39, 0.29) is 18.2 Å². The minimum Gasteiger partial charge on any atom is -0.493 e. The number of ether oxygens (including phenoxy) is 1. The Bertz CT molecular complexity index is 1180. The molecule has 0 radical (unpaired) electrons. The number of carbonyl (C=O) groups excluding carboxylic acids is 1. The number of amides is 1. The molecule has 134 valence electrons. The Hall–Kier alpha value is -3.67. The number of aromatic hydroxyl groups is 1. The number of carbonyl (C=O) groups is 1. The lowest BCUT2D eigenvalue weighted by Crippen LogP contribution is -2.07. The van der Waals surface area contributed by atoms with Crippen molar-refractivity contribution in [3.63, 3.8) is 0 Å². The summed E-state index contributed by atoms with van der Waals surface area (Å²) in [6.07, 6.45) is 0. The van der Waals surface area contributed by atoms with Crippen molar-refractivity contribution in [1.82, 2.24) is 4.98 Å². The van der Waals surface area contributed by atoms with Crippen LogP contribution in [0, 0.1) is 6.92 Å². The number of fused-ring (bicyclic) bond motifs is 2. The topological polar surface area (TPSA) is 87.0 Å². The number of nitrogens with zero attached hydrogens (tertiary/aromatic N) is 2. The molecular formula is C21H17N3O3. The fourth-order valence-corrected chi connectivity index (χ4v) is 2.92. The molecule has 0 aliphatic heterocycles. The molecule has 0 fully saturated rings. The number of rotatable bonds is 4. The minimum atomic E-state index is -0.537. The van der Waals surface area contributed by atoms with Gasteiger partial charge in [0.15, 0.2) is 12.3 Å². The van der Waals surface area contributed by atoms with Crippen molar-refractivity contribution in [1.29, 1.82) is 0 Å². The average Bonchev–Trinajstić information content (AvgIpc) is 2.99. The molecule has 27 heavy (non-hydrogen) atoms. The van der Waals surface area contributed by atoms with E-state index in [4.69, 9.17) is 4.74 Å². The highest BCUT2D eigenvalue weighted by Crippen LogP contribution is 2.35. The molecule has 1 amide bonds. The maximum atomic E-state index is 12.0. The van der Waals surface area contributed by atoms with Crippen LogP contribution in [0.15, 0.2) is 70.9 Å². The van der Waals surface area contributed by atoms with Crippen molar-refractivity contribution in [3.8, 4) is 11.6 Å². The monoisotopic (exact) mass is 359 g/mol. The second kappa shape index (κ2) is 6.92. The van der Waals surface area contributed by atoms with Crippen LogP contribution in [0.2, 0.25) is 0 Å². The Balaban J connectivity index is 1.47. The largest absolute Gasteiger partial charge is 0.493 e. The fourth-order valence-electron chi connectivity index (χ4n) is 2.92. The Morgan fingerprint density at radius 3 is 2.74 bits per heavy atom. The number of benzene rings is 3. The van der Waals surface area contributed by atoms with Crippen LogP contribution in [0.1, 0.15) is 5.56 Å². The quantitative estimate of drug-likeness (QED) is 0.501. The van der Waals surface area contributed by atoms with E-state index < -0.39 is 5.91 Å². The Morgan fingerprint density at radius 2 is 1.89 bits per heavy atom. The first kappa shape index (κ1) is 16.8. The van der Waals surface area contributed by atoms with E-state index in [0.29, 0.717) is 11.1 Å². The lowest BCUT2D eigenvalue weighted by atomic mass is 10.1. The highest BCUT2D eigenvalue weighted by atomic mass is 16.5. The van der Waals surface area contributed by atoms with E-state index in [2.05, 4.69) is 15.2 Å². The van der Waals surface area contributed by atoms with Gasteiger partial charge in [-0.3, -0.25) is 4.79 Å². The Labute approximate surface area is 155 Å². The smallest absolute Gasteiger partial charge is 0.302 e. The van der Waals surface area contributed by atoms with Gasteiger partial charge in [-0.15, -0.1) is 10.2 Å². The summed E-state index contributed by atoms with van der Waals surface area (Å²) in [5.74, 6) is -0.0741. The molecule has 6 nitrogen and oxygen atoms in total. The van der Waals surface area contributed by atoms with Gasteiger partial charge >= 0.3 is 5.91 Å². The van der Waals surface area contributed by atoms with Crippen molar-refractivity contribution in [2.75, 3.05) is 6.61 Å². The van der Waals surface area contributed by atoms with E-state index in [1.165, 1.54) is 0 Å². The summed E-state index contributed by atoms with van der Waals surface area (Å²) < 4.78 is 5.51. The molecule has 0 saturated heterocycles. The molecule has 4 aromatic rings. The zero-order valence-electron chi connectivity index (χ0n) is 14.6. The molecule has 6 heteroatoms. The molecule has 0 spiro atoms. The van der Waals surface area contributed by atoms with E-state index >= 15 is 0 Å². The molecule has 1 heterocycles. The van der Waals surface area contributed by atoms with Crippen LogP contribution in [0.5, 0.6) is 11.6 Å². The van der Waals surface area contributed by atoms with Crippen molar-refractivity contribution < 1.29 is 14.6 Å². The van der Waals surface area contributed by atoms with Gasteiger partial charge < -0.3 is 14.8 Å². The van der Waals surface area contributed by atoms with E-state index in [0.717, 1.165) is 21.9 Å². The van der Waals surface area contributed by atoms with Crippen molar-refractivity contribution in [2.24, 2.45) is 10.2 Å². The van der Waals surface area contributed by atoms with E-state index in [9.17, 15) is 9.90 Å².